The summed E-state index contributed by atoms with van der Waals surface area (Å²) in [5.74, 6) is -2.03. The van der Waals surface area contributed by atoms with Crippen molar-refractivity contribution < 1.29 is 23.5 Å². The van der Waals surface area contributed by atoms with Crippen molar-refractivity contribution >= 4 is 29.1 Å². The molecule has 9 heteroatoms. The Labute approximate surface area is 147 Å². The number of carbonyl (C=O) groups excluding carboxylic acids is 3. The molecule has 2 N–H and O–H groups in total. The number of esters is 1. The van der Waals surface area contributed by atoms with Crippen LogP contribution in [-0.2, 0) is 14.3 Å². The number of thiazole rings is 1. The van der Waals surface area contributed by atoms with E-state index in [0.29, 0.717) is 17.1 Å². The summed E-state index contributed by atoms with van der Waals surface area (Å²) in [7, 11) is 0. The largest absolute Gasteiger partial charge is 0.451 e. The standard InChI is InChI=1S/C16H16FN3O4S/c1-2-18-13(21)7-19-14(22)8-24-16(23)12-9-25-15(20-12)10-3-5-11(17)6-4-10/h3-6,9H,2,7-8H2,1H3,(H,18,21)(H,19,22). The second-order valence-corrected chi connectivity index (χ2v) is 5.71. The van der Waals surface area contributed by atoms with Gasteiger partial charge in [-0.1, -0.05) is 0 Å². The van der Waals surface area contributed by atoms with Gasteiger partial charge in [0.05, 0.1) is 6.54 Å². The third-order valence-corrected chi connectivity index (χ3v) is 3.85. The number of hydrogen-bond donors (Lipinski definition) is 2. The number of aromatic nitrogens is 1. The molecule has 0 aliphatic heterocycles. The van der Waals surface area contributed by atoms with Gasteiger partial charge < -0.3 is 15.4 Å². The normalized spacial score (nSPS) is 10.2. The maximum Gasteiger partial charge on any atom is 0.358 e. The molecule has 2 rings (SSSR count). The van der Waals surface area contributed by atoms with Crippen LogP contribution in [0.1, 0.15) is 17.4 Å². The van der Waals surface area contributed by atoms with Crippen molar-refractivity contribution in [2.45, 2.75) is 6.92 Å². The van der Waals surface area contributed by atoms with Gasteiger partial charge >= 0.3 is 5.97 Å². The predicted octanol–water partition coefficient (Wildman–Crippen LogP) is 1.36. The highest BCUT2D eigenvalue weighted by Gasteiger charge is 2.15. The van der Waals surface area contributed by atoms with Crippen LogP contribution in [0.15, 0.2) is 29.6 Å². The van der Waals surface area contributed by atoms with Crippen molar-refractivity contribution in [3.63, 3.8) is 0 Å². The van der Waals surface area contributed by atoms with Crippen molar-refractivity contribution in [3.05, 3.63) is 41.2 Å². The molecule has 0 fully saturated rings. The number of amides is 2. The smallest absolute Gasteiger partial charge is 0.358 e. The molecule has 25 heavy (non-hydrogen) atoms. The fraction of sp³-hybridized carbons (Fsp3) is 0.250. The van der Waals surface area contributed by atoms with Gasteiger partial charge in [0.15, 0.2) is 12.3 Å². The van der Waals surface area contributed by atoms with Crippen LogP contribution in [0.5, 0.6) is 0 Å². The van der Waals surface area contributed by atoms with E-state index in [9.17, 15) is 18.8 Å². The molecule has 0 atom stereocenters. The lowest BCUT2D eigenvalue weighted by Gasteiger charge is -2.05. The molecule has 0 aliphatic rings. The molecule has 2 amide bonds. The van der Waals surface area contributed by atoms with Gasteiger partial charge in [0.1, 0.15) is 10.8 Å². The van der Waals surface area contributed by atoms with Crippen molar-refractivity contribution in [3.8, 4) is 10.6 Å². The first-order chi connectivity index (χ1) is 12.0. The number of benzene rings is 1. The molecule has 1 heterocycles. The van der Waals surface area contributed by atoms with E-state index in [1.165, 1.54) is 28.8 Å². The van der Waals surface area contributed by atoms with Gasteiger partial charge in [-0.25, -0.2) is 14.2 Å². The number of rotatable bonds is 7. The van der Waals surface area contributed by atoms with Crippen molar-refractivity contribution in [1.29, 1.82) is 0 Å². The second-order valence-electron chi connectivity index (χ2n) is 4.85. The molecule has 0 aliphatic carbocycles. The number of nitrogens with one attached hydrogen (secondary N) is 2. The fourth-order valence-corrected chi connectivity index (χ4v) is 2.58. The summed E-state index contributed by atoms with van der Waals surface area (Å²) in [6, 6.07) is 5.71. The number of nitrogens with zero attached hydrogens (tertiary/aromatic N) is 1. The highest BCUT2D eigenvalue weighted by Crippen LogP contribution is 2.24. The zero-order valence-corrected chi connectivity index (χ0v) is 14.2. The topological polar surface area (TPSA) is 97.4 Å². The van der Waals surface area contributed by atoms with Crippen LogP contribution in [0.25, 0.3) is 10.6 Å². The Hall–Kier alpha value is -2.81. The summed E-state index contributed by atoms with van der Waals surface area (Å²) >= 11 is 1.20. The molecule has 0 spiro atoms. The van der Waals surface area contributed by atoms with E-state index >= 15 is 0 Å². The maximum absolute atomic E-state index is 12.9. The summed E-state index contributed by atoms with van der Waals surface area (Å²) < 4.78 is 17.8. The SMILES string of the molecule is CCNC(=O)CNC(=O)COC(=O)c1csc(-c2ccc(F)cc2)n1. The molecule has 1 aromatic heterocycles. The molecule has 0 bridgehead atoms. The molecule has 0 saturated heterocycles. The molecule has 1 aromatic carbocycles. The highest BCUT2D eigenvalue weighted by molar-refractivity contribution is 7.13. The quantitative estimate of drug-likeness (QED) is 0.722. The van der Waals surface area contributed by atoms with Gasteiger partial charge in [0.25, 0.3) is 5.91 Å². The zero-order chi connectivity index (χ0) is 18.2. The van der Waals surface area contributed by atoms with Gasteiger partial charge in [-0.15, -0.1) is 11.3 Å². The average molecular weight is 365 g/mol. The molecule has 7 nitrogen and oxygen atoms in total. The second kappa shape index (κ2) is 8.88. The number of ether oxygens (including phenoxy) is 1. The Bertz CT molecular complexity index is 761. The number of carbonyl (C=O) groups is 3. The molecule has 0 saturated carbocycles. The van der Waals surface area contributed by atoms with E-state index < -0.39 is 18.5 Å². The summed E-state index contributed by atoms with van der Waals surface area (Å²) in [6.45, 7) is 1.52. The molecule has 2 aromatic rings. The van der Waals surface area contributed by atoms with Crippen LogP contribution in [-0.4, -0.2) is 42.5 Å². The Kier molecular flexibility index (Phi) is 6.58. The van der Waals surface area contributed by atoms with E-state index in [4.69, 9.17) is 4.74 Å². The van der Waals surface area contributed by atoms with Crippen LogP contribution in [0.4, 0.5) is 4.39 Å². The third kappa shape index (κ3) is 5.64. The highest BCUT2D eigenvalue weighted by atomic mass is 32.1. The average Bonchev–Trinajstić information content (AvgIpc) is 3.09. The van der Waals surface area contributed by atoms with Gasteiger partial charge in [-0.2, -0.15) is 0 Å². The Morgan fingerprint density at radius 2 is 1.88 bits per heavy atom. The van der Waals surface area contributed by atoms with Crippen LogP contribution in [0, 0.1) is 5.82 Å². The van der Waals surface area contributed by atoms with Gasteiger partial charge in [-0.05, 0) is 31.2 Å². The Morgan fingerprint density at radius 1 is 1.16 bits per heavy atom. The van der Waals surface area contributed by atoms with E-state index in [1.54, 1.807) is 19.1 Å². The first-order valence-electron chi connectivity index (χ1n) is 7.41. The summed E-state index contributed by atoms with van der Waals surface area (Å²) in [4.78, 5) is 38.7. The van der Waals surface area contributed by atoms with Crippen molar-refractivity contribution in [1.82, 2.24) is 15.6 Å². The lowest BCUT2D eigenvalue weighted by atomic mass is 10.2. The van der Waals surface area contributed by atoms with Gasteiger partial charge in [0.2, 0.25) is 5.91 Å². The maximum atomic E-state index is 12.9. The molecule has 0 unspecified atom stereocenters. The first kappa shape index (κ1) is 18.5. The van der Waals surface area contributed by atoms with Crippen LogP contribution >= 0.6 is 11.3 Å². The lowest BCUT2D eigenvalue weighted by molar-refractivity contribution is -0.127. The minimum absolute atomic E-state index is 0.0563. The van der Waals surface area contributed by atoms with Crippen molar-refractivity contribution in [2.24, 2.45) is 0 Å². The molecule has 132 valence electrons. The first-order valence-corrected chi connectivity index (χ1v) is 8.29. The number of halogens is 1. The number of hydrogen-bond acceptors (Lipinski definition) is 6. The van der Waals surface area contributed by atoms with Crippen LogP contribution < -0.4 is 10.6 Å². The molecular formula is C16H16FN3O4S. The molecular weight excluding hydrogens is 349 g/mol. The summed E-state index contributed by atoms with van der Waals surface area (Å²) in [5.41, 5.74) is 0.728. The summed E-state index contributed by atoms with van der Waals surface area (Å²) in [6.07, 6.45) is 0. The van der Waals surface area contributed by atoms with Crippen molar-refractivity contribution in [2.75, 3.05) is 19.7 Å². The van der Waals surface area contributed by atoms with Gasteiger partial charge in [0, 0.05) is 17.5 Å². The van der Waals surface area contributed by atoms with E-state index in [0.717, 1.165) is 0 Å². The van der Waals surface area contributed by atoms with Crippen LogP contribution in [0.3, 0.4) is 0 Å². The lowest BCUT2D eigenvalue weighted by Crippen LogP contribution is -2.38. The predicted molar refractivity (Wildman–Crippen MR) is 89.5 cm³/mol. The third-order valence-electron chi connectivity index (χ3n) is 2.96. The monoisotopic (exact) mass is 365 g/mol. The summed E-state index contributed by atoms with van der Waals surface area (Å²) in [5, 5.41) is 6.88. The Balaban J connectivity index is 1.84. The fourth-order valence-electron chi connectivity index (χ4n) is 1.79. The van der Waals surface area contributed by atoms with E-state index in [1.807, 2.05) is 0 Å². The minimum atomic E-state index is -0.752. The van der Waals surface area contributed by atoms with Crippen LogP contribution in [0.2, 0.25) is 0 Å². The molecule has 0 radical (unpaired) electrons. The van der Waals surface area contributed by atoms with E-state index in [-0.39, 0.29) is 24.0 Å². The van der Waals surface area contributed by atoms with Gasteiger partial charge in [-0.3, -0.25) is 9.59 Å². The number of likely N-dealkylation sites (N-methyl/N-ethyl adjacent to an activating group) is 1. The zero-order valence-electron chi connectivity index (χ0n) is 13.4. The Morgan fingerprint density at radius 3 is 2.56 bits per heavy atom. The van der Waals surface area contributed by atoms with E-state index in [2.05, 4.69) is 15.6 Å². The minimum Gasteiger partial charge on any atom is -0.451 e.